The van der Waals surface area contributed by atoms with Crippen LogP contribution in [0.15, 0.2) is 30.5 Å². The molecular weight excluding hydrogens is 319 g/mol. The molecule has 2 rings (SSSR count). The first-order valence-electron chi connectivity index (χ1n) is 6.04. The molecular formula is C14H13Cl3N2O. The third-order valence-corrected chi connectivity index (χ3v) is 3.53. The zero-order valence-electron chi connectivity index (χ0n) is 10.5. The SMILES string of the molecule is Oc1c(Cl)cc(Cl)cc1CNCCc1ccc(Cl)nc1. The van der Waals surface area contributed by atoms with E-state index in [-0.39, 0.29) is 10.8 Å². The number of aromatic hydroxyl groups is 1. The molecule has 0 saturated carbocycles. The van der Waals surface area contributed by atoms with E-state index in [0.29, 0.717) is 22.3 Å². The van der Waals surface area contributed by atoms with Crippen LogP contribution in [0.4, 0.5) is 0 Å². The van der Waals surface area contributed by atoms with E-state index in [1.165, 1.54) is 6.07 Å². The Bertz CT molecular complexity index is 588. The monoisotopic (exact) mass is 330 g/mol. The molecule has 0 saturated heterocycles. The first kappa shape index (κ1) is 15.4. The number of halogens is 3. The first-order chi connectivity index (χ1) is 9.56. The fourth-order valence-electron chi connectivity index (χ4n) is 1.76. The minimum Gasteiger partial charge on any atom is -0.506 e. The lowest BCUT2D eigenvalue weighted by atomic mass is 10.2. The lowest BCUT2D eigenvalue weighted by Gasteiger charge is -2.09. The van der Waals surface area contributed by atoms with E-state index in [1.54, 1.807) is 18.3 Å². The van der Waals surface area contributed by atoms with Crippen LogP contribution >= 0.6 is 34.8 Å². The van der Waals surface area contributed by atoms with Crippen molar-refractivity contribution < 1.29 is 5.11 Å². The van der Waals surface area contributed by atoms with Crippen molar-refractivity contribution in [1.29, 1.82) is 0 Å². The van der Waals surface area contributed by atoms with Crippen LogP contribution in [-0.4, -0.2) is 16.6 Å². The van der Waals surface area contributed by atoms with Gasteiger partial charge in [-0.2, -0.15) is 0 Å². The van der Waals surface area contributed by atoms with Crippen LogP contribution < -0.4 is 5.32 Å². The van der Waals surface area contributed by atoms with E-state index in [9.17, 15) is 5.11 Å². The summed E-state index contributed by atoms with van der Waals surface area (Å²) in [5.41, 5.74) is 1.77. The van der Waals surface area contributed by atoms with Gasteiger partial charge in [0.05, 0.1) is 5.02 Å². The highest BCUT2D eigenvalue weighted by Crippen LogP contribution is 2.30. The van der Waals surface area contributed by atoms with Gasteiger partial charge in [-0.15, -0.1) is 0 Å². The van der Waals surface area contributed by atoms with Gasteiger partial charge in [-0.1, -0.05) is 40.9 Å². The number of aromatic nitrogens is 1. The molecule has 2 N–H and O–H groups in total. The molecule has 1 aromatic heterocycles. The maximum Gasteiger partial charge on any atom is 0.138 e. The highest BCUT2D eigenvalue weighted by Gasteiger charge is 2.07. The van der Waals surface area contributed by atoms with Crippen LogP contribution in [0, 0.1) is 0 Å². The molecule has 0 bridgehead atoms. The summed E-state index contributed by atoms with van der Waals surface area (Å²) in [4.78, 5) is 4.02. The summed E-state index contributed by atoms with van der Waals surface area (Å²) in [6.07, 6.45) is 2.57. The Morgan fingerprint density at radius 3 is 2.65 bits per heavy atom. The maximum atomic E-state index is 9.81. The molecule has 0 aliphatic rings. The van der Waals surface area contributed by atoms with Crippen molar-refractivity contribution in [3.63, 3.8) is 0 Å². The molecule has 2 aromatic rings. The number of phenolic OH excluding ortho intramolecular Hbond substituents is 1. The van der Waals surface area contributed by atoms with Crippen molar-refractivity contribution >= 4 is 34.8 Å². The minimum absolute atomic E-state index is 0.0664. The molecule has 0 amide bonds. The van der Waals surface area contributed by atoms with Gasteiger partial charge in [0, 0.05) is 23.3 Å². The fourth-order valence-corrected chi connectivity index (χ4v) is 2.41. The van der Waals surface area contributed by atoms with Crippen molar-refractivity contribution in [2.45, 2.75) is 13.0 Å². The molecule has 3 nitrogen and oxygen atoms in total. The van der Waals surface area contributed by atoms with Gasteiger partial charge in [-0.05, 0) is 36.7 Å². The van der Waals surface area contributed by atoms with E-state index in [2.05, 4.69) is 10.3 Å². The maximum absolute atomic E-state index is 9.81. The van der Waals surface area contributed by atoms with Crippen LogP contribution in [0.3, 0.4) is 0 Å². The Balaban J connectivity index is 1.86. The first-order valence-corrected chi connectivity index (χ1v) is 7.17. The Hall–Kier alpha value is -1.00. The second-order valence-electron chi connectivity index (χ2n) is 4.31. The number of hydrogen-bond acceptors (Lipinski definition) is 3. The van der Waals surface area contributed by atoms with E-state index < -0.39 is 0 Å². The Kier molecular flexibility index (Phi) is 5.49. The van der Waals surface area contributed by atoms with Crippen molar-refractivity contribution in [2.75, 3.05) is 6.54 Å². The predicted molar refractivity (Wildman–Crippen MR) is 82.8 cm³/mol. The van der Waals surface area contributed by atoms with Crippen LogP contribution in [0.5, 0.6) is 5.75 Å². The Morgan fingerprint density at radius 2 is 1.95 bits per heavy atom. The van der Waals surface area contributed by atoms with Crippen LogP contribution in [0.1, 0.15) is 11.1 Å². The average Bonchev–Trinajstić information content (AvgIpc) is 2.42. The van der Waals surface area contributed by atoms with Crippen molar-refractivity contribution in [3.05, 3.63) is 56.8 Å². The van der Waals surface area contributed by atoms with Crippen molar-refractivity contribution in [1.82, 2.24) is 10.3 Å². The minimum atomic E-state index is 0.0664. The summed E-state index contributed by atoms with van der Waals surface area (Å²) in [6, 6.07) is 6.91. The largest absolute Gasteiger partial charge is 0.506 e. The summed E-state index contributed by atoms with van der Waals surface area (Å²) in [6.45, 7) is 1.24. The van der Waals surface area contributed by atoms with E-state index in [0.717, 1.165) is 18.5 Å². The molecule has 0 fully saturated rings. The number of hydrogen-bond donors (Lipinski definition) is 2. The van der Waals surface area contributed by atoms with Gasteiger partial charge in [-0.3, -0.25) is 0 Å². The zero-order valence-corrected chi connectivity index (χ0v) is 12.8. The number of nitrogens with one attached hydrogen (secondary N) is 1. The van der Waals surface area contributed by atoms with Crippen LogP contribution in [-0.2, 0) is 13.0 Å². The Morgan fingerprint density at radius 1 is 1.15 bits per heavy atom. The smallest absolute Gasteiger partial charge is 0.138 e. The molecule has 0 unspecified atom stereocenters. The Labute approximate surface area is 132 Å². The molecule has 106 valence electrons. The number of nitrogens with zero attached hydrogens (tertiary/aromatic N) is 1. The summed E-state index contributed by atoms with van der Waals surface area (Å²) in [5, 5.41) is 14.3. The molecule has 1 heterocycles. The number of phenols is 1. The van der Waals surface area contributed by atoms with Gasteiger partial charge in [0.25, 0.3) is 0 Å². The standard InChI is InChI=1S/C14H13Cl3N2O/c15-11-5-10(14(20)12(16)6-11)8-18-4-3-9-1-2-13(17)19-7-9/h1-2,5-7,18,20H,3-4,8H2. The van der Waals surface area contributed by atoms with Crippen LogP contribution in [0.25, 0.3) is 0 Å². The molecule has 6 heteroatoms. The summed E-state index contributed by atoms with van der Waals surface area (Å²) in [5.74, 6) is 0.0664. The molecule has 0 aliphatic heterocycles. The molecule has 0 atom stereocenters. The fraction of sp³-hybridized carbons (Fsp3) is 0.214. The molecule has 20 heavy (non-hydrogen) atoms. The lowest BCUT2D eigenvalue weighted by molar-refractivity contribution is 0.465. The van der Waals surface area contributed by atoms with Crippen molar-refractivity contribution in [3.8, 4) is 5.75 Å². The third kappa shape index (κ3) is 4.25. The van der Waals surface area contributed by atoms with Gasteiger partial charge in [-0.25, -0.2) is 4.98 Å². The van der Waals surface area contributed by atoms with Crippen LogP contribution in [0.2, 0.25) is 15.2 Å². The molecule has 0 spiro atoms. The third-order valence-electron chi connectivity index (χ3n) is 2.80. The van der Waals surface area contributed by atoms with E-state index >= 15 is 0 Å². The highest BCUT2D eigenvalue weighted by atomic mass is 35.5. The van der Waals surface area contributed by atoms with Crippen molar-refractivity contribution in [2.24, 2.45) is 0 Å². The normalized spacial score (nSPS) is 10.8. The van der Waals surface area contributed by atoms with Gasteiger partial charge < -0.3 is 10.4 Å². The summed E-state index contributed by atoms with van der Waals surface area (Å²) < 4.78 is 0. The summed E-state index contributed by atoms with van der Waals surface area (Å²) in [7, 11) is 0. The van der Waals surface area contributed by atoms with Gasteiger partial charge >= 0.3 is 0 Å². The quantitative estimate of drug-likeness (QED) is 0.641. The van der Waals surface area contributed by atoms with Gasteiger partial charge in [0.2, 0.25) is 0 Å². The summed E-state index contributed by atoms with van der Waals surface area (Å²) >= 11 is 17.5. The number of pyridine rings is 1. The van der Waals surface area contributed by atoms with Gasteiger partial charge in [0.15, 0.2) is 0 Å². The second kappa shape index (κ2) is 7.14. The number of benzene rings is 1. The second-order valence-corrected chi connectivity index (χ2v) is 5.54. The van der Waals surface area contributed by atoms with E-state index in [1.807, 2.05) is 6.07 Å². The number of rotatable bonds is 5. The predicted octanol–water partition coefficient (Wildman–Crippen LogP) is 4.08. The lowest BCUT2D eigenvalue weighted by Crippen LogP contribution is -2.16. The average molecular weight is 332 g/mol. The van der Waals surface area contributed by atoms with E-state index in [4.69, 9.17) is 34.8 Å². The molecule has 1 aromatic carbocycles. The van der Waals surface area contributed by atoms with Gasteiger partial charge in [0.1, 0.15) is 10.9 Å². The molecule has 0 aliphatic carbocycles. The highest BCUT2D eigenvalue weighted by molar-refractivity contribution is 6.35. The molecule has 0 radical (unpaired) electrons. The topological polar surface area (TPSA) is 45.1 Å². The zero-order chi connectivity index (χ0) is 14.5.